The molecule has 86 valence electrons. The van der Waals surface area contributed by atoms with E-state index in [1.54, 1.807) is 0 Å². The summed E-state index contributed by atoms with van der Waals surface area (Å²) in [5, 5.41) is 9.52. The Labute approximate surface area is 92.1 Å². The number of rotatable bonds is 1. The first-order chi connectivity index (χ1) is 7.00. The predicted octanol–water partition coefficient (Wildman–Crippen LogP) is 2.69. The van der Waals surface area contributed by atoms with Gasteiger partial charge < -0.3 is 5.11 Å². The summed E-state index contributed by atoms with van der Waals surface area (Å²) >= 11 is 0. The third kappa shape index (κ3) is 1.84. The number of aliphatic hydroxyl groups excluding tert-OH is 1. The molecule has 0 bridgehead atoms. The van der Waals surface area contributed by atoms with Crippen LogP contribution in [0.5, 0.6) is 0 Å². The first-order valence-corrected chi connectivity index (χ1v) is 6.21. The fraction of sp³-hybridized carbons (Fsp3) is 0.923. The monoisotopic (exact) mass is 210 g/mol. The molecule has 0 aliphatic heterocycles. The van der Waals surface area contributed by atoms with Crippen molar-refractivity contribution in [2.45, 2.75) is 64.9 Å². The van der Waals surface area contributed by atoms with E-state index < -0.39 is 0 Å². The van der Waals surface area contributed by atoms with Crippen LogP contribution in [0.2, 0.25) is 0 Å². The fourth-order valence-corrected chi connectivity index (χ4v) is 3.43. The minimum absolute atomic E-state index is 0.0672. The van der Waals surface area contributed by atoms with Gasteiger partial charge in [0.05, 0.1) is 6.10 Å². The smallest absolute Gasteiger partial charge is 0.139 e. The van der Waals surface area contributed by atoms with E-state index in [2.05, 4.69) is 13.8 Å². The van der Waals surface area contributed by atoms with Crippen LogP contribution in [0.25, 0.3) is 0 Å². The normalized spacial score (nSPS) is 46.3. The number of carbonyl (C=O) groups excluding carboxylic acids is 1. The lowest BCUT2D eigenvalue weighted by Crippen LogP contribution is -2.28. The van der Waals surface area contributed by atoms with Crippen LogP contribution in [0.1, 0.15) is 58.8 Å². The van der Waals surface area contributed by atoms with Gasteiger partial charge in [-0.2, -0.15) is 0 Å². The number of hydrogen-bond donors (Lipinski definition) is 1. The molecule has 2 aliphatic carbocycles. The molecular weight excluding hydrogens is 188 g/mol. The minimum Gasteiger partial charge on any atom is -0.393 e. The number of ketones is 1. The highest BCUT2D eigenvalue weighted by molar-refractivity contribution is 5.87. The van der Waals surface area contributed by atoms with E-state index in [1.807, 2.05) is 0 Å². The zero-order chi connectivity index (χ0) is 11.1. The molecule has 15 heavy (non-hydrogen) atoms. The van der Waals surface area contributed by atoms with Crippen molar-refractivity contribution in [3.8, 4) is 0 Å². The standard InChI is InChI=1S/C13H22O2/c1-3-12(2)9-13(8-11(12)15)6-4-10(14)5-7-13/h10,14H,3-9H2,1-2H3. The molecule has 2 aliphatic rings. The average Bonchev–Trinajstić information content (AvgIpc) is 2.46. The molecule has 2 nitrogen and oxygen atoms in total. The molecule has 1 atom stereocenters. The zero-order valence-electron chi connectivity index (χ0n) is 9.88. The average molecular weight is 210 g/mol. The lowest BCUT2D eigenvalue weighted by atomic mass is 9.70. The minimum atomic E-state index is -0.112. The zero-order valence-corrected chi connectivity index (χ0v) is 9.88. The highest BCUT2D eigenvalue weighted by atomic mass is 16.3. The van der Waals surface area contributed by atoms with E-state index in [1.165, 1.54) is 0 Å². The molecule has 2 fully saturated rings. The van der Waals surface area contributed by atoms with Gasteiger partial charge in [-0.15, -0.1) is 0 Å². The van der Waals surface area contributed by atoms with Crippen LogP contribution in [0.4, 0.5) is 0 Å². The molecule has 0 amide bonds. The summed E-state index contributed by atoms with van der Waals surface area (Å²) < 4.78 is 0. The van der Waals surface area contributed by atoms with Crippen molar-refractivity contribution >= 4 is 5.78 Å². The molecule has 0 aromatic rings. The van der Waals surface area contributed by atoms with Crippen LogP contribution in [0.3, 0.4) is 0 Å². The summed E-state index contributed by atoms with van der Waals surface area (Å²) in [7, 11) is 0. The van der Waals surface area contributed by atoms with Crippen molar-refractivity contribution in [2.75, 3.05) is 0 Å². The van der Waals surface area contributed by atoms with Gasteiger partial charge in [0.25, 0.3) is 0 Å². The second kappa shape index (κ2) is 3.58. The van der Waals surface area contributed by atoms with Crippen LogP contribution in [-0.2, 0) is 4.79 Å². The number of carbonyl (C=O) groups is 1. The van der Waals surface area contributed by atoms with Crippen LogP contribution < -0.4 is 0 Å². The molecule has 0 heterocycles. The maximum absolute atomic E-state index is 12.0. The Morgan fingerprint density at radius 3 is 2.47 bits per heavy atom. The maximum atomic E-state index is 12.0. The summed E-state index contributed by atoms with van der Waals surface area (Å²) in [5.41, 5.74) is 0.184. The van der Waals surface area contributed by atoms with Crippen molar-refractivity contribution in [2.24, 2.45) is 10.8 Å². The van der Waals surface area contributed by atoms with Gasteiger partial charge in [-0.3, -0.25) is 4.79 Å². The van der Waals surface area contributed by atoms with E-state index in [0.717, 1.165) is 44.9 Å². The third-order valence-corrected chi connectivity index (χ3v) is 4.77. The van der Waals surface area contributed by atoms with Crippen LogP contribution in [0, 0.1) is 10.8 Å². The number of hydrogen-bond acceptors (Lipinski definition) is 2. The third-order valence-electron chi connectivity index (χ3n) is 4.77. The van der Waals surface area contributed by atoms with Gasteiger partial charge in [-0.05, 0) is 43.9 Å². The summed E-state index contributed by atoms with van der Waals surface area (Å²) in [6.45, 7) is 4.24. The molecule has 2 rings (SSSR count). The van der Waals surface area contributed by atoms with Gasteiger partial charge >= 0.3 is 0 Å². The predicted molar refractivity (Wildman–Crippen MR) is 59.5 cm³/mol. The fourth-order valence-electron chi connectivity index (χ4n) is 3.43. The Morgan fingerprint density at radius 1 is 1.40 bits per heavy atom. The van der Waals surface area contributed by atoms with Crippen molar-refractivity contribution in [3.05, 3.63) is 0 Å². The quantitative estimate of drug-likeness (QED) is 0.722. The summed E-state index contributed by atoms with van der Waals surface area (Å²) in [4.78, 5) is 12.0. The molecule has 0 radical (unpaired) electrons. The Bertz CT molecular complexity index is 264. The molecule has 0 saturated heterocycles. The molecule has 1 unspecified atom stereocenters. The molecular formula is C13H22O2. The van der Waals surface area contributed by atoms with Gasteiger partial charge in [0.2, 0.25) is 0 Å². The molecule has 0 aromatic carbocycles. The van der Waals surface area contributed by atoms with E-state index in [4.69, 9.17) is 0 Å². The van der Waals surface area contributed by atoms with Gasteiger partial charge in [0, 0.05) is 11.8 Å². The molecule has 2 saturated carbocycles. The van der Waals surface area contributed by atoms with Crippen LogP contribution in [-0.4, -0.2) is 17.0 Å². The van der Waals surface area contributed by atoms with Gasteiger partial charge in [-0.25, -0.2) is 0 Å². The van der Waals surface area contributed by atoms with E-state index in [-0.39, 0.29) is 16.9 Å². The van der Waals surface area contributed by atoms with Gasteiger partial charge in [0.1, 0.15) is 5.78 Å². The van der Waals surface area contributed by atoms with Crippen molar-refractivity contribution < 1.29 is 9.90 Å². The van der Waals surface area contributed by atoms with Crippen LogP contribution >= 0.6 is 0 Å². The SMILES string of the molecule is CCC1(C)CC2(CCC(O)CC2)CC1=O. The van der Waals surface area contributed by atoms with Crippen LogP contribution in [0.15, 0.2) is 0 Å². The first kappa shape index (κ1) is 11.1. The Hall–Kier alpha value is -0.370. The Balaban J connectivity index is 2.11. The maximum Gasteiger partial charge on any atom is 0.139 e. The Kier molecular flexibility index (Phi) is 2.66. The largest absolute Gasteiger partial charge is 0.393 e. The second-order valence-electron chi connectivity index (χ2n) is 5.92. The summed E-state index contributed by atoms with van der Waals surface area (Å²) in [6, 6.07) is 0. The molecule has 1 N–H and O–H groups in total. The second-order valence-corrected chi connectivity index (χ2v) is 5.92. The number of aliphatic hydroxyl groups is 1. The van der Waals surface area contributed by atoms with Crippen molar-refractivity contribution in [1.82, 2.24) is 0 Å². The lowest BCUT2D eigenvalue weighted by Gasteiger charge is -2.36. The van der Waals surface area contributed by atoms with E-state index in [9.17, 15) is 9.90 Å². The summed E-state index contributed by atoms with van der Waals surface area (Å²) in [5.74, 6) is 0.460. The van der Waals surface area contributed by atoms with Gasteiger partial charge in [0.15, 0.2) is 0 Å². The highest BCUT2D eigenvalue weighted by Crippen LogP contribution is 2.55. The van der Waals surface area contributed by atoms with Crippen molar-refractivity contribution in [3.63, 3.8) is 0 Å². The number of Topliss-reactive ketones (excluding diaryl/α,β-unsaturated/α-hetero) is 1. The van der Waals surface area contributed by atoms with E-state index in [0.29, 0.717) is 5.78 Å². The highest BCUT2D eigenvalue weighted by Gasteiger charge is 2.51. The molecule has 1 spiro atoms. The topological polar surface area (TPSA) is 37.3 Å². The first-order valence-electron chi connectivity index (χ1n) is 6.21. The van der Waals surface area contributed by atoms with Crippen molar-refractivity contribution in [1.29, 1.82) is 0 Å². The van der Waals surface area contributed by atoms with E-state index >= 15 is 0 Å². The lowest BCUT2D eigenvalue weighted by molar-refractivity contribution is -0.125. The van der Waals surface area contributed by atoms with Gasteiger partial charge in [-0.1, -0.05) is 13.8 Å². The molecule has 2 heteroatoms. The Morgan fingerprint density at radius 2 is 2.00 bits per heavy atom. The molecule has 0 aromatic heterocycles. The summed E-state index contributed by atoms with van der Waals surface area (Å²) in [6.07, 6.45) is 6.58.